The first-order valence-corrected chi connectivity index (χ1v) is 7.76. The normalized spacial score (nSPS) is 18.8. The molecule has 1 amide bonds. The van der Waals surface area contributed by atoms with Crippen LogP contribution in [0.5, 0.6) is 0 Å². The number of ether oxygens (including phenoxy) is 1. The van der Waals surface area contributed by atoms with Crippen LogP contribution in [0, 0.1) is 6.92 Å². The van der Waals surface area contributed by atoms with Crippen molar-refractivity contribution in [1.29, 1.82) is 0 Å². The number of aromatic nitrogens is 2. The van der Waals surface area contributed by atoms with E-state index in [1.165, 1.54) is 11.3 Å². The minimum absolute atomic E-state index is 0.0444. The van der Waals surface area contributed by atoms with Crippen LogP contribution in [0.1, 0.15) is 22.3 Å². The van der Waals surface area contributed by atoms with Crippen LogP contribution in [0.2, 0.25) is 0 Å². The molecule has 21 heavy (non-hydrogen) atoms. The predicted molar refractivity (Wildman–Crippen MR) is 81.4 cm³/mol. The number of nitrogens with zero attached hydrogens (tertiary/aromatic N) is 3. The van der Waals surface area contributed by atoms with Crippen molar-refractivity contribution >= 4 is 17.2 Å². The molecule has 1 unspecified atom stereocenters. The van der Waals surface area contributed by atoms with Gasteiger partial charge in [-0.3, -0.25) is 9.78 Å². The summed E-state index contributed by atoms with van der Waals surface area (Å²) in [6, 6.07) is 5.80. The van der Waals surface area contributed by atoms with Gasteiger partial charge in [-0.25, -0.2) is 4.98 Å². The molecule has 0 N–H and O–H groups in total. The highest BCUT2D eigenvalue weighted by Gasteiger charge is 2.28. The summed E-state index contributed by atoms with van der Waals surface area (Å²) in [5.74, 6) is 0.0444. The topological polar surface area (TPSA) is 55.3 Å². The number of carbonyl (C=O) groups excluding carboxylic acids is 1. The molecule has 6 heteroatoms. The van der Waals surface area contributed by atoms with Crippen LogP contribution >= 0.6 is 11.3 Å². The van der Waals surface area contributed by atoms with Gasteiger partial charge in [0.15, 0.2) is 0 Å². The maximum Gasteiger partial charge on any atom is 0.266 e. The van der Waals surface area contributed by atoms with Crippen LogP contribution in [0.4, 0.5) is 0 Å². The van der Waals surface area contributed by atoms with E-state index in [0.29, 0.717) is 24.6 Å². The summed E-state index contributed by atoms with van der Waals surface area (Å²) in [5.41, 5.74) is 1.57. The van der Waals surface area contributed by atoms with E-state index >= 15 is 0 Å². The van der Waals surface area contributed by atoms with E-state index in [-0.39, 0.29) is 11.9 Å². The molecule has 0 spiro atoms. The van der Waals surface area contributed by atoms with E-state index in [0.717, 1.165) is 16.4 Å². The van der Waals surface area contributed by atoms with Gasteiger partial charge in [-0.15, -0.1) is 11.3 Å². The van der Waals surface area contributed by atoms with E-state index in [9.17, 15) is 4.79 Å². The van der Waals surface area contributed by atoms with Crippen LogP contribution in [0.25, 0.3) is 10.7 Å². The smallest absolute Gasteiger partial charge is 0.266 e. The highest BCUT2D eigenvalue weighted by molar-refractivity contribution is 7.17. The van der Waals surface area contributed by atoms with Crippen molar-refractivity contribution in [1.82, 2.24) is 14.9 Å². The molecule has 3 rings (SSSR count). The van der Waals surface area contributed by atoms with Crippen molar-refractivity contribution in [2.75, 3.05) is 19.8 Å². The lowest BCUT2D eigenvalue weighted by atomic mass is 10.2. The fourth-order valence-corrected chi connectivity index (χ4v) is 3.35. The van der Waals surface area contributed by atoms with Gasteiger partial charge in [-0.2, -0.15) is 0 Å². The van der Waals surface area contributed by atoms with Crippen molar-refractivity contribution in [3.05, 3.63) is 35.0 Å². The number of hydrogen-bond donors (Lipinski definition) is 0. The number of carbonyl (C=O) groups is 1. The summed E-state index contributed by atoms with van der Waals surface area (Å²) in [7, 11) is 0. The third-order valence-corrected chi connectivity index (χ3v) is 4.67. The van der Waals surface area contributed by atoms with Crippen LogP contribution in [-0.2, 0) is 4.74 Å². The van der Waals surface area contributed by atoms with Crippen molar-refractivity contribution in [2.24, 2.45) is 0 Å². The standard InChI is InChI=1S/C15H17N3O2S/c1-10-9-20-8-7-18(10)15(19)13-11(2)17-14(21-13)12-5-3-4-6-16-12/h3-6,10H,7-9H2,1-2H3. The second-order valence-electron chi connectivity index (χ2n) is 5.07. The molecule has 110 valence electrons. The lowest BCUT2D eigenvalue weighted by Crippen LogP contribution is -2.47. The molecular formula is C15H17N3O2S. The number of morpholine rings is 1. The molecule has 5 nitrogen and oxygen atoms in total. The van der Waals surface area contributed by atoms with Gasteiger partial charge in [0.2, 0.25) is 0 Å². The third kappa shape index (κ3) is 2.82. The fraction of sp³-hybridized carbons (Fsp3) is 0.400. The zero-order chi connectivity index (χ0) is 14.8. The Morgan fingerprint density at radius 2 is 2.33 bits per heavy atom. The quantitative estimate of drug-likeness (QED) is 0.854. The first kappa shape index (κ1) is 14.2. The Hall–Kier alpha value is -1.79. The second-order valence-corrected chi connectivity index (χ2v) is 6.07. The number of thiazole rings is 1. The Labute approximate surface area is 127 Å². The molecule has 2 aromatic rings. The van der Waals surface area contributed by atoms with E-state index in [2.05, 4.69) is 9.97 Å². The molecule has 2 aromatic heterocycles. The van der Waals surface area contributed by atoms with Crippen molar-refractivity contribution < 1.29 is 9.53 Å². The fourth-order valence-electron chi connectivity index (χ4n) is 2.35. The molecule has 1 aliphatic rings. The Morgan fingerprint density at radius 1 is 1.48 bits per heavy atom. The van der Waals surface area contributed by atoms with Crippen LogP contribution in [0.3, 0.4) is 0 Å². The molecule has 3 heterocycles. The van der Waals surface area contributed by atoms with Gasteiger partial charge >= 0.3 is 0 Å². The van der Waals surface area contributed by atoms with Crippen LogP contribution in [-0.4, -0.2) is 46.6 Å². The van der Waals surface area contributed by atoms with Gasteiger partial charge in [0.25, 0.3) is 5.91 Å². The van der Waals surface area contributed by atoms with Gasteiger partial charge < -0.3 is 9.64 Å². The van der Waals surface area contributed by atoms with E-state index in [1.54, 1.807) is 6.20 Å². The highest BCUT2D eigenvalue weighted by Crippen LogP contribution is 2.28. The van der Waals surface area contributed by atoms with Crippen LogP contribution < -0.4 is 0 Å². The zero-order valence-corrected chi connectivity index (χ0v) is 12.9. The Bertz CT molecular complexity index is 642. The minimum Gasteiger partial charge on any atom is -0.377 e. The molecular weight excluding hydrogens is 286 g/mol. The number of amides is 1. The third-order valence-electron chi connectivity index (χ3n) is 3.50. The summed E-state index contributed by atoms with van der Waals surface area (Å²) in [6.45, 7) is 5.71. The average Bonchev–Trinajstić information content (AvgIpc) is 2.90. The number of hydrogen-bond acceptors (Lipinski definition) is 5. The molecule has 0 aliphatic carbocycles. The first-order chi connectivity index (χ1) is 10.2. The average molecular weight is 303 g/mol. The molecule has 0 bridgehead atoms. The summed E-state index contributed by atoms with van der Waals surface area (Å²) in [5, 5.41) is 0.789. The summed E-state index contributed by atoms with van der Waals surface area (Å²) < 4.78 is 5.39. The summed E-state index contributed by atoms with van der Waals surface area (Å²) >= 11 is 1.41. The molecule has 1 aliphatic heterocycles. The Morgan fingerprint density at radius 3 is 3.05 bits per heavy atom. The maximum atomic E-state index is 12.7. The summed E-state index contributed by atoms with van der Waals surface area (Å²) in [6.07, 6.45) is 1.73. The van der Waals surface area contributed by atoms with Gasteiger partial charge in [-0.1, -0.05) is 6.07 Å². The van der Waals surface area contributed by atoms with Gasteiger partial charge in [0.05, 0.1) is 30.6 Å². The predicted octanol–water partition coefficient (Wildman–Crippen LogP) is 2.37. The highest BCUT2D eigenvalue weighted by atomic mass is 32.1. The van der Waals surface area contributed by atoms with Crippen molar-refractivity contribution in [3.8, 4) is 10.7 Å². The molecule has 1 fully saturated rings. The molecule has 0 saturated carbocycles. The molecule has 0 radical (unpaired) electrons. The first-order valence-electron chi connectivity index (χ1n) is 6.94. The Kier molecular flexibility index (Phi) is 3.98. The van der Waals surface area contributed by atoms with Crippen molar-refractivity contribution in [3.63, 3.8) is 0 Å². The monoisotopic (exact) mass is 303 g/mol. The second kappa shape index (κ2) is 5.91. The summed E-state index contributed by atoms with van der Waals surface area (Å²) in [4.78, 5) is 24.1. The van der Waals surface area contributed by atoms with Gasteiger partial charge in [0, 0.05) is 12.7 Å². The van der Waals surface area contributed by atoms with Gasteiger partial charge in [-0.05, 0) is 26.0 Å². The maximum absolute atomic E-state index is 12.7. The lowest BCUT2D eigenvalue weighted by Gasteiger charge is -2.33. The SMILES string of the molecule is Cc1nc(-c2ccccn2)sc1C(=O)N1CCOCC1C. The van der Waals surface area contributed by atoms with E-state index < -0.39 is 0 Å². The van der Waals surface area contributed by atoms with E-state index in [1.807, 2.05) is 36.9 Å². The largest absolute Gasteiger partial charge is 0.377 e. The molecule has 1 atom stereocenters. The van der Waals surface area contributed by atoms with E-state index in [4.69, 9.17) is 4.74 Å². The number of rotatable bonds is 2. The van der Waals surface area contributed by atoms with Crippen LogP contribution in [0.15, 0.2) is 24.4 Å². The van der Waals surface area contributed by atoms with Gasteiger partial charge in [0.1, 0.15) is 9.88 Å². The number of pyridine rings is 1. The number of aryl methyl sites for hydroxylation is 1. The van der Waals surface area contributed by atoms with Crippen molar-refractivity contribution in [2.45, 2.75) is 19.9 Å². The molecule has 1 saturated heterocycles. The lowest BCUT2D eigenvalue weighted by molar-refractivity contribution is 0.00381. The Balaban J connectivity index is 1.89. The zero-order valence-electron chi connectivity index (χ0n) is 12.1. The minimum atomic E-state index is 0.0444. The molecule has 0 aromatic carbocycles.